The number of hydrogen-bond acceptors (Lipinski definition) is 4. The topological polar surface area (TPSA) is 74.2 Å². The number of aromatic nitrogens is 1. The van der Waals surface area contributed by atoms with E-state index in [2.05, 4.69) is 29.0 Å². The molecule has 2 atom stereocenters. The van der Waals surface area contributed by atoms with Gasteiger partial charge in [-0.2, -0.15) is 0 Å². The van der Waals surface area contributed by atoms with Crippen LogP contribution in [0, 0.1) is 6.92 Å². The highest BCUT2D eigenvalue weighted by molar-refractivity contribution is 7.91. The minimum absolute atomic E-state index is 0.218. The van der Waals surface area contributed by atoms with Crippen molar-refractivity contribution in [2.24, 2.45) is 0 Å². The molecule has 47 heavy (non-hydrogen) atoms. The molecule has 5 nitrogen and oxygen atoms in total. The summed E-state index contributed by atoms with van der Waals surface area (Å²) < 4.78 is 48.0. The van der Waals surface area contributed by atoms with Crippen LogP contribution in [-0.2, 0) is 27.5 Å². The third kappa shape index (κ3) is 6.96. The molecule has 6 rings (SSSR count). The summed E-state index contributed by atoms with van der Waals surface area (Å²) in [7, 11) is -5.08. The van der Waals surface area contributed by atoms with Gasteiger partial charge in [0.15, 0.2) is 0 Å². The van der Waals surface area contributed by atoms with Crippen molar-refractivity contribution in [1.82, 2.24) is 8.69 Å². The summed E-state index contributed by atoms with van der Waals surface area (Å²) in [5, 5.41) is 3.10. The van der Waals surface area contributed by atoms with Gasteiger partial charge in [0.25, 0.3) is 10.0 Å². The average Bonchev–Trinajstić information content (AvgIpc) is 3.41. The summed E-state index contributed by atoms with van der Waals surface area (Å²) in [4.78, 5) is 0.218. The van der Waals surface area contributed by atoms with E-state index >= 15 is 0 Å². The third-order valence-electron chi connectivity index (χ3n) is 8.17. The second kappa shape index (κ2) is 13.8. The fourth-order valence-electron chi connectivity index (χ4n) is 5.77. The quantitative estimate of drug-likeness (QED) is 0.118. The number of para-hydroxylation sites is 1. The smallest absolute Gasteiger partial charge is 0.268 e. The molecule has 240 valence electrons. The van der Waals surface area contributed by atoms with E-state index in [4.69, 9.17) is 0 Å². The van der Waals surface area contributed by atoms with Crippen LogP contribution in [0.3, 0.4) is 0 Å². The molecule has 0 bridgehead atoms. The van der Waals surface area contributed by atoms with Gasteiger partial charge in [0.2, 0.25) is 0 Å². The fourth-order valence-corrected chi connectivity index (χ4v) is 10.6. The number of aryl methyl sites for hydroxylation is 1. The van der Waals surface area contributed by atoms with E-state index in [0.717, 1.165) is 32.7 Å². The van der Waals surface area contributed by atoms with Gasteiger partial charge in [-0.25, -0.2) is 12.4 Å². The van der Waals surface area contributed by atoms with E-state index in [0.29, 0.717) is 17.4 Å². The lowest BCUT2D eigenvalue weighted by Gasteiger charge is -2.29. The maximum atomic E-state index is 14.8. The highest BCUT2D eigenvalue weighted by atomic mass is 32.2. The predicted octanol–water partition coefficient (Wildman–Crippen LogP) is 7.96. The number of benzene rings is 5. The van der Waals surface area contributed by atoms with E-state index in [1.807, 2.05) is 119 Å². The van der Waals surface area contributed by atoms with Gasteiger partial charge in [-0.1, -0.05) is 127 Å². The molecular weight excluding hydrogens is 640 g/mol. The molecule has 0 saturated heterocycles. The summed E-state index contributed by atoms with van der Waals surface area (Å²) in [6.45, 7) is 7.86. The third-order valence-corrected chi connectivity index (χ3v) is 14.0. The molecule has 0 aliphatic heterocycles. The molecule has 1 aromatic heterocycles. The first-order chi connectivity index (χ1) is 22.6. The second-order valence-electron chi connectivity index (χ2n) is 12.6. The monoisotopic (exact) mass is 678 g/mol. The van der Waals surface area contributed by atoms with Crippen LogP contribution in [0.1, 0.15) is 49.2 Å². The van der Waals surface area contributed by atoms with Crippen molar-refractivity contribution in [3.8, 4) is 0 Å². The van der Waals surface area contributed by atoms with Crippen LogP contribution in [0.5, 0.6) is 0 Å². The Morgan fingerprint density at radius 1 is 0.745 bits per heavy atom. The molecule has 0 spiro atoms. The molecular formula is C39H39N2O3PS2. The number of rotatable bonds is 10. The van der Waals surface area contributed by atoms with Gasteiger partial charge in [0.1, 0.15) is 10.8 Å². The van der Waals surface area contributed by atoms with E-state index in [1.54, 1.807) is 28.2 Å². The van der Waals surface area contributed by atoms with Crippen LogP contribution in [0.4, 0.5) is 0 Å². The molecule has 6 aromatic rings. The average molecular weight is 679 g/mol. The van der Waals surface area contributed by atoms with E-state index in [9.17, 15) is 13.0 Å². The van der Waals surface area contributed by atoms with Crippen molar-refractivity contribution in [2.75, 3.05) is 0 Å². The lowest BCUT2D eigenvalue weighted by molar-refractivity contribution is 0.535. The van der Waals surface area contributed by atoms with Crippen molar-refractivity contribution >= 4 is 50.8 Å². The van der Waals surface area contributed by atoms with Crippen LogP contribution >= 0.6 is 7.92 Å². The minimum Gasteiger partial charge on any atom is -0.598 e. The summed E-state index contributed by atoms with van der Waals surface area (Å²) in [5.74, 6) is 0. The standard InChI is InChI=1S/C39H39N2O3PS2/c1-29-24-26-30(27-25-29)38(40-46(42)39(2,3)4)37-34-22-14-15-23-35(34)41(47(43,44)33-20-12-7-13-21-33)36(37)28-45(31-16-8-5-9-17-31)32-18-10-6-11-19-32/h5-27,38,40H,28H2,1-4H3/t38-,46?/m0/s1. The van der Waals surface area contributed by atoms with Gasteiger partial charge >= 0.3 is 0 Å². The molecule has 0 aliphatic rings. The Balaban J connectivity index is 1.70. The van der Waals surface area contributed by atoms with Gasteiger partial charge in [0.05, 0.1) is 10.4 Å². The zero-order chi connectivity index (χ0) is 33.2. The molecule has 0 radical (unpaired) electrons. The van der Waals surface area contributed by atoms with E-state index in [1.165, 1.54) is 0 Å². The zero-order valence-corrected chi connectivity index (χ0v) is 29.5. The van der Waals surface area contributed by atoms with Crippen molar-refractivity contribution in [3.63, 3.8) is 0 Å². The molecule has 1 N–H and O–H groups in total. The highest BCUT2D eigenvalue weighted by Crippen LogP contribution is 2.45. The van der Waals surface area contributed by atoms with Crippen LogP contribution in [-0.4, -0.2) is 21.7 Å². The number of fused-ring (bicyclic) bond motifs is 1. The zero-order valence-electron chi connectivity index (χ0n) is 27.0. The number of nitrogens with zero attached hydrogens (tertiary/aromatic N) is 1. The largest absolute Gasteiger partial charge is 0.598 e. The number of hydrogen-bond donors (Lipinski definition) is 1. The van der Waals surface area contributed by atoms with Gasteiger partial charge in [-0.3, -0.25) is 0 Å². The molecule has 1 unspecified atom stereocenters. The lowest BCUT2D eigenvalue weighted by atomic mass is 9.96. The van der Waals surface area contributed by atoms with Gasteiger partial charge < -0.3 is 4.55 Å². The van der Waals surface area contributed by atoms with Crippen molar-refractivity contribution in [3.05, 3.63) is 162 Å². The van der Waals surface area contributed by atoms with Crippen LogP contribution in [0.25, 0.3) is 10.9 Å². The highest BCUT2D eigenvalue weighted by Gasteiger charge is 2.37. The SMILES string of the molecule is Cc1ccc([C@H](N[S+]([O-])C(C)(C)C)c2c(CP(c3ccccc3)c3ccccc3)n(S(=O)(=O)c3ccccc3)c3ccccc23)cc1. The molecule has 0 amide bonds. The lowest BCUT2D eigenvalue weighted by Crippen LogP contribution is -2.41. The first kappa shape index (κ1) is 33.2. The minimum atomic E-state index is -4.04. The Morgan fingerprint density at radius 3 is 1.81 bits per heavy atom. The Kier molecular flexibility index (Phi) is 9.75. The van der Waals surface area contributed by atoms with Gasteiger partial charge in [0, 0.05) is 34.2 Å². The Labute approximate surface area is 282 Å². The van der Waals surface area contributed by atoms with Gasteiger partial charge in [-0.15, -0.1) is 4.72 Å². The van der Waals surface area contributed by atoms with Crippen LogP contribution in [0.15, 0.2) is 144 Å². The molecule has 1 heterocycles. The molecule has 0 aliphatic carbocycles. The van der Waals surface area contributed by atoms with Crippen LogP contribution < -0.4 is 15.3 Å². The normalized spacial score (nSPS) is 13.6. The first-order valence-corrected chi connectivity index (χ1v) is 19.7. The molecule has 8 heteroatoms. The first-order valence-electron chi connectivity index (χ1n) is 15.6. The maximum Gasteiger partial charge on any atom is 0.268 e. The van der Waals surface area contributed by atoms with Crippen molar-refractivity contribution in [1.29, 1.82) is 0 Å². The molecule has 0 saturated carbocycles. The summed E-state index contributed by atoms with van der Waals surface area (Å²) in [6, 6.07) is 44.6. The van der Waals surface area contributed by atoms with Crippen molar-refractivity contribution in [2.45, 2.75) is 49.5 Å². The summed E-state index contributed by atoms with van der Waals surface area (Å²) in [5.41, 5.74) is 4.12. The maximum absolute atomic E-state index is 14.8. The number of nitrogens with one attached hydrogen (secondary N) is 1. The Morgan fingerprint density at radius 2 is 1.26 bits per heavy atom. The van der Waals surface area contributed by atoms with Crippen LogP contribution in [0.2, 0.25) is 0 Å². The molecule has 0 fully saturated rings. The molecule has 5 aromatic carbocycles. The van der Waals surface area contributed by atoms with Crippen molar-refractivity contribution < 1.29 is 13.0 Å². The Hall–Kier alpha value is -3.71. The predicted molar refractivity (Wildman–Crippen MR) is 198 cm³/mol. The summed E-state index contributed by atoms with van der Waals surface area (Å²) >= 11 is -1.46. The van der Waals surface area contributed by atoms with E-state index < -0.39 is 40.1 Å². The second-order valence-corrected chi connectivity index (χ2v) is 18.5. The Bertz CT molecular complexity index is 2020. The van der Waals surface area contributed by atoms with E-state index in [-0.39, 0.29) is 4.90 Å². The summed E-state index contributed by atoms with van der Waals surface area (Å²) in [6.07, 6.45) is 0.450. The fraction of sp³-hybridized carbons (Fsp3) is 0.179. The van der Waals surface area contributed by atoms with Gasteiger partial charge in [-0.05, 0) is 70.0 Å².